The van der Waals surface area contributed by atoms with Gasteiger partial charge in [-0.05, 0) is 31.1 Å². The third kappa shape index (κ3) is 38.1. The molecule has 0 amide bonds. The summed E-state index contributed by atoms with van der Waals surface area (Å²) in [5.74, 6) is 0.784. The predicted octanol–water partition coefficient (Wildman–Crippen LogP) is 14.2. The molecule has 0 N–H and O–H groups in total. The van der Waals surface area contributed by atoms with Crippen LogP contribution in [0.4, 0.5) is 0 Å². The standard InChI is InChI=1S/C46H88O6/c1-6-8-9-10-11-12-13-14-23-28-33-38-46(49)52-43(39-50-44(47)36-31-26-21-17-15-19-24-29-34-41(3)4)40-51-45(48)37-32-27-22-18-16-20-25-30-35-42(5)7-2/h41-43H,6-40H2,1-5H3/t42?,43-/m0/s1. The van der Waals surface area contributed by atoms with Gasteiger partial charge in [0.2, 0.25) is 0 Å². The molecule has 1 unspecified atom stereocenters. The highest BCUT2D eigenvalue weighted by Crippen LogP contribution is 2.17. The second-order valence-corrected chi connectivity index (χ2v) is 16.4. The molecule has 0 aliphatic carbocycles. The average Bonchev–Trinajstić information content (AvgIpc) is 3.12. The molecule has 52 heavy (non-hydrogen) atoms. The molecule has 2 atom stereocenters. The highest BCUT2D eigenvalue weighted by atomic mass is 16.6. The molecule has 0 spiro atoms. The van der Waals surface area contributed by atoms with Crippen LogP contribution < -0.4 is 0 Å². The molecule has 6 nitrogen and oxygen atoms in total. The van der Waals surface area contributed by atoms with Gasteiger partial charge >= 0.3 is 17.9 Å². The minimum Gasteiger partial charge on any atom is -0.462 e. The van der Waals surface area contributed by atoms with Crippen molar-refractivity contribution in [2.24, 2.45) is 11.8 Å². The second-order valence-electron chi connectivity index (χ2n) is 16.4. The van der Waals surface area contributed by atoms with Crippen molar-refractivity contribution in [3.05, 3.63) is 0 Å². The first-order valence-electron chi connectivity index (χ1n) is 22.8. The van der Waals surface area contributed by atoms with Crippen molar-refractivity contribution in [1.82, 2.24) is 0 Å². The maximum absolute atomic E-state index is 12.7. The van der Waals surface area contributed by atoms with Gasteiger partial charge in [0.1, 0.15) is 13.2 Å². The Morgan fingerprint density at radius 3 is 1.10 bits per heavy atom. The zero-order valence-electron chi connectivity index (χ0n) is 35.4. The zero-order valence-corrected chi connectivity index (χ0v) is 35.4. The van der Waals surface area contributed by atoms with Gasteiger partial charge in [-0.25, -0.2) is 0 Å². The van der Waals surface area contributed by atoms with E-state index in [1.807, 2.05) is 0 Å². The minimum absolute atomic E-state index is 0.0655. The summed E-state index contributed by atoms with van der Waals surface area (Å²) in [7, 11) is 0. The normalized spacial score (nSPS) is 12.6. The molecule has 0 aliphatic heterocycles. The summed E-state index contributed by atoms with van der Waals surface area (Å²) in [5.41, 5.74) is 0. The van der Waals surface area contributed by atoms with Gasteiger partial charge in [0.15, 0.2) is 6.10 Å². The molecule has 0 bridgehead atoms. The van der Waals surface area contributed by atoms with Crippen LogP contribution in [0.15, 0.2) is 0 Å². The van der Waals surface area contributed by atoms with Gasteiger partial charge in [0, 0.05) is 19.3 Å². The zero-order chi connectivity index (χ0) is 38.3. The van der Waals surface area contributed by atoms with E-state index in [0.29, 0.717) is 19.3 Å². The molecular formula is C46H88O6. The van der Waals surface area contributed by atoms with E-state index >= 15 is 0 Å². The quantitative estimate of drug-likeness (QED) is 0.0354. The molecule has 0 aliphatic rings. The van der Waals surface area contributed by atoms with Crippen molar-refractivity contribution >= 4 is 17.9 Å². The van der Waals surface area contributed by atoms with E-state index in [4.69, 9.17) is 14.2 Å². The maximum Gasteiger partial charge on any atom is 0.306 e. The van der Waals surface area contributed by atoms with E-state index < -0.39 is 6.10 Å². The molecule has 0 heterocycles. The second kappa shape index (κ2) is 39.1. The average molecular weight is 737 g/mol. The number of esters is 3. The smallest absolute Gasteiger partial charge is 0.306 e. The highest BCUT2D eigenvalue weighted by Gasteiger charge is 2.19. The summed E-state index contributed by atoms with van der Waals surface area (Å²) in [6.45, 7) is 11.3. The number of hydrogen-bond donors (Lipinski definition) is 0. The first-order chi connectivity index (χ1) is 25.3. The van der Waals surface area contributed by atoms with Crippen molar-refractivity contribution in [2.45, 2.75) is 253 Å². The molecule has 0 fully saturated rings. The van der Waals surface area contributed by atoms with E-state index in [2.05, 4.69) is 34.6 Å². The number of carbonyl (C=O) groups is 3. The topological polar surface area (TPSA) is 78.9 Å². The number of hydrogen-bond acceptors (Lipinski definition) is 6. The third-order valence-electron chi connectivity index (χ3n) is 10.6. The lowest BCUT2D eigenvalue weighted by Gasteiger charge is -2.18. The highest BCUT2D eigenvalue weighted by molar-refractivity contribution is 5.71. The van der Waals surface area contributed by atoms with Gasteiger partial charge in [-0.15, -0.1) is 0 Å². The Kier molecular flexibility index (Phi) is 37.9. The molecule has 0 aromatic rings. The van der Waals surface area contributed by atoms with E-state index in [9.17, 15) is 14.4 Å². The minimum atomic E-state index is -0.760. The summed E-state index contributed by atoms with van der Waals surface area (Å²) in [5, 5.41) is 0. The van der Waals surface area contributed by atoms with Crippen LogP contribution in [0.5, 0.6) is 0 Å². The Balaban J connectivity index is 4.35. The lowest BCUT2D eigenvalue weighted by atomic mass is 9.99. The van der Waals surface area contributed by atoms with Crippen molar-refractivity contribution in [1.29, 1.82) is 0 Å². The van der Waals surface area contributed by atoms with Gasteiger partial charge < -0.3 is 14.2 Å². The molecular weight excluding hydrogens is 648 g/mol. The van der Waals surface area contributed by atoms with Crippen molar-refractivity contribution in [2.75, 3.05) is 13.2 Å². The fourth-order valence-electron chi connectivity index (χ4n) is 6.72. The van der Waals surface area contributed by atoms with Crippen LogP contribution in [0.2, 0.25) is 0 Å². The Hall–Kier alpha value is -1.59. The Bertz CT molecular complexity index is 796. The number of carbonyl (C=O) groups excluding carboxylic acids is 3. The van der Waals surface area contributed by atoms with Crippen LogP contribution in [0.1, 0.15) is 247 Å². The Labute approximate surface area is 323 Å². The van der Waals surface area contributed by atoms with Crippen LogP contribution in [0.3, 0.4) is 0 Å². The largest absolute Gasteiger partial charge is 0.462 e. The van der Waals surface area contributed by atoms with Gasteiger partial charge in [0.05, 0.1) is 0 Å². The molecule has 0 rings (SSSR count). The van der Waals surface area contributed by atoms with E-state index in [0.717, 1.165) is 69.6 Å². The number of ether oxygens (including phenoxy) is 3. The summed E-state index contributed by atoms with van der Waals surface area (Å²) < 4.78 is 16.7. The lowest BCUT2D eigenvalue weighted by Crippen LogP contribution is -2.30. The van der Waals surface area contributed by atoms with Crippen LogP contribution in [-0.2, 0) is 28.6 Å². The molecule has 308 valence electrons. The molecule has 0 aromatic carbocycles. The van der Waals surface area contributed by atoms with Crippen molar-refractivity contribution < 1.29 is 28.6 Å². The van der Waals surface area contributed by atoms with Gasteiger partial charge in [-0.1, -0.05) is 208 Å². The molecule has 0 aromatic heterocycles. The first kappa shape index (κ1) is 50.4. The fraction of sp³-hybridized carbons (Fsp3) is 0.935. The monoisotopic (exact) mass is 737 g/mol. The summed E-state index contributed by atoms with van der Waals surface area (Å²) in [6, 6.07) is 0. The van der Waals surface area contributed by atoms with Gasteiger partial charge in [0.25, 0.3) is 0 Å². The van der Waals surface area contributed by atoms with Crippen LogP contribution in [0, 0.1) is 11.8 Å². The fourth-order valence-corrected chi connectivity index (χ4v) is 6.72. The van der Waals surface area contributed by atoms with Crippen LogP contribution in [0.25, 0.3) is 0 Å². The van der Waals surface area contributed by atoms with E-state index in [1.54, 1.807) is 0 Å². The summed E-state index contributed by atoms with van der Waals surface area (Å²) in [4.78, 5) is 37.7. The van der Waals surface area contributed by atoms with E-state index in [-0.39, 0.29) is 31.1 Å². The lowest BCUT2D eigenvalue weighted by molar-refractivity contribution is -0.167. The molecule has 0 radical (unpaired) electrons. The van der Waals surface area contributed by atoms with E-state index in [1.165, 1.54) is 135 Å². The van der Waals surface area contributed by atoms with Crippen LogP contribution >= 0.6 is 0 Å². The van der Waals surface area contributed by atoms with Crippen molar-refractivity contribution in [3.8, 4) is 0 Å². The first-order valence-corrected chi connectivity index (χ1v) is 22.8. The van der Waals surface area contributed by atoms with Gasteiger partial charge in [-0.3, -0.25) is 14.4 Å². The number of rotatable bonds is 40. The summed E-state index contributed by atoms with van der Waals surface area (Å²) in [6.07, 6.45) is 36.5. The Morgan fingerprint density at radius 2 is 0.731 bits per heavy atom. The number of unbranched alkanes of at least 4 members (excludes halogenated alkanes) is 24. The SMILES string of the molecule is CCCCCCCCCCCCCC(=O)O[C@@H](COC(=O)CCCCCCCCCCC(C)C)COC(=O)CCCCCCCCCCC(C)CC. The van der Waals surface area contributed by atoms with Crippen LogP contribution in [-0.4, -0.2) is 37.2 Å². The third-order valence-corrected chi connectivity index (χ3v) is 10.6. The summed E-state index contributed by atoms with van der Waals surface area (Å²) >= 11 is 0. The predicted molar refractivity (Wildman–Crippen MR) is 220 cm³/mol. The maximum atomic E-state index is 12.7. The molecule has 0 saturated carbocycles. The molecule has 0 saturated heterocycles. The van der Waals surface area contributed by atoms with Gasteiger partial charge in [-0.2, -0.15) is 0 Å². The molecule has 6 heteroatoms. The van der Waals surface area contributed by atoms with Crippen molar-refractivity contribution in [3.63, 3.8) is 0 Å². The Morgan fingerprint density at radius 1 is 0.404 bits per heavy atom.